The zero-order valence-electron chi connectivity index (χ0n) is 12.9. The van der Waals surface area contributed by atoms with E-state index in [1.54, 1.807) is 22.9 Å². The quantitative estimate of drug-likeness (QED) is 0.852. The zero-order valence-corrected chi connectivity index (χ0v) is 13.7. The minimum atomic E-state index is -0.0296. The topological polar surface area (TPSA) is 51.7 Å². The number of carbonyl (C=O) groups is 1. The van der Waals surface area contributed by atoms with Crippen molar-refractivity contribution in [2.75, 3.05) is 29.6 Å². The number of anilines is 1. The first-order valence-corrected chi connectivity index (χ1v) is 9.01. The van der Waals surface area contributed by atoms with E-state index in [0.29, 0.717) is 24.3 Å². The van der Waals surface area contributed by atoms with Crippen LogP contribution in [0.5, 0.6) is 5.88 Å². The second-order valence-corrected chi connectivity index (χ2v) is 6.79. The number of amides is 1. The number of hydrogen-bond donors (Lipinski definition) is 0. The normalized spacial score (nSPS) is 24.5. The summed E-state index contributed by atoms with van der Waals surface area (Å²) in [6.45, 7) is 3.40. The first kappa shape index (κ1) is 15.6. The molecule has 5 nitrogen and oxygen atoms in total. The molecule has 0 saturated carbocycles. The lowest BCUT2D eigenvalue weighted by molar-refractivity contribution is -0.116. The molecule has 0 unspecified atom stereocenters. The molecule has 120 valence electrons. The molecule has 1 aromatic heterocycles. The third kappa shape index (κ3) is 3.73. The van der Waals surface area contributed by atoms with Gasteiger partial charge in [-0.2, -0.15) is 0 Å². The van der Waals surface area contributed by atoms with Crippen LogP contribution in [0.25, 0.3) is 0 Å². The lowest BCUT2D eigenvalue weighted by Gasteiger charge is -2.32. The minimum Gasteiger partial charge on any atom is -0.471 e. The molecule has 1 amide bonds. The van der Waals surface area contributed by atoms with Gasteiger partial charge in [0.2, 0.25) is 11.8 Å². The first-order valence-electron chi connectivity index (χ1n) is 7.85. The Balaban J connectivity index is 1.55. The molecule has 3 heterocycles. The Morgan fingerprint density at radius 2 is 2.41 bits per heavy atom. The van der Waals surface area contributed by atoms with Gasteiger partial charge in [-0.05, 0) is 38.3 Å². The number of carbonyl (C=O) groups excluding carboxylic acids is 1. The highest BCUT2D eigenvalue weighted by Crippen LogP contribution is 2.31. The summed E-state index contributed by atoms with van der Waals surface area (Å²) in [4.78, 5) is 18.5. The molecule has 0 radical (unpaired) electrons. The summed E-state index contributed by atoms with van der Waals surface area (Å²) in [5.74, 6) is 2.03. The largest absolute Gasteiger partial charge is 0.471 e. The van der Waals surface area contributed by atoms with E-state index in [9.17, 15) is 4.79 Å². The van der Waals surface area contributed by atoms with Crippen LogP contribution in [0.3, 0.4) is 0 Å². The highest BCUT2D eigenvalue weighted by Gasteiger charge is 2.28. The maximum atomic E-state index is 12.5. The Labute approximate surface area is 135 Å². The predicted octanol–water partition coefficient (Wildman–Crippen LogP) is 2.50. The van der Waals surface area contributed by atoms with E-state index in [1.165, 1.54) is 6.42 Å². The van der Waals surface area contributed by atoms with Crippen LogP contribution in [0.15, 0.2) is 18.3 Å². The SMILES string of the molecule is C[C@@H]1CN(C(=O)CSC[C@H]2CCCCO2)c2cccnc2O1. The molecule has 1 fully saturated rings. The highest BCUT2D eigenvalue weighted by atomic mass is 32.2. The van der Waals surface area contributed by atoms with Crippen LogP contribution >= 0.6 is 11.8 Å². The third-order valence-corrected chi connectivity index (χ3v) is 4.96. The van der Waals surface area contributed by atoms with E-state index in [4.69, 9.17) is 9.47 Å². The number of fused-ring (bicyclic) bond motifs is 1. The van der Waals surface area contributed by atoms with Crippen LogP contribution in [-0.2, 0) is 9.53 Å². The summed E-state index contributed by atoms with van der Waals surface area (Å²) in [7, 11) is 0. The van der Waals surface area contributed by atoms with Crippen LogP contribution in [0.2, 0.25) is 0 Å². The van der Waals surface area contributed by atoms with Gasteiger partial charge in [-0.25, -0.2) is 4.98 Å². The molecular weight excluding hydrogens is 300 g/mol. The van der Waals surface area contributed by atoms with Gasteiger partial charge in [-0.1, -0.05) is 0 Å². The summed E-state index contributed by atoms with van der Waals surface area (Å²) in [6.07, 6.45) is 5.48. The monoisotopic (exact) mass is 322 g/mol. The van der Waals surface area contributed by atoms with Gasteiger partial charge in [0.15, 0.2) is 0 Å². The van der Waals surface area contributed by atoms with Crippen molar-refractivity contribution in [2.24, 2.45) is 0 Å². The Morgan fingerprint density at radius 1 is 1.50 bits per heavy atom. The van der Waals surface area contributed by atoms with Crippen molar-refractivity contribution in [3.8, 4) is 5.88 Å². The van der Waals surface area contributed by atoms with E-state index >= 15 is 0 Å². The maximum Gasteiger partial charge on any atom is 0.238 e. The predicted molar refractivity (Wildman–Crippen MR) is 87.6 cm³/mol. The number of rotatable bonds is 4. The van der Waals surface area contributed by atoms with E-state index < -0.39 is 0 Å². The number of ether oxygens (including phenoxy) is 2. The van der Waals surface area contributed by atoms with Gasteiger partial charge in [0.25, 0.3) is 0 Å². The minimum absolute atomic E-state index is 0.0296. The van der Waals surface area contributed by atoms with Crippen molar-refractivity contribution >= 4 is 23.4 Å². The van der Waals surface area contributed by atoms with E-state index in [1.807, 2.05) is 19.1 Å². The molecule has 1 aromatic rings. The Kier molecular flexibility index (Phi) is 5.20. The van der Waals surface area contributed by atoms with Gasteiger partial charge in [0.1, 0.15) is 11.8 Å². The van der Waals surface area contributed by atoms with Crippen LogP contribution in [-0.4, -0.2) is 47.8 Å². The fourth-order valence-corrected chi connectivity index (χ4v) is 3.77. The molecule has 2 aliphatic rings. The molecular formula is C16H22N2O3S. The maximum absolute atomic E-state index is 12.5. The Hall–Kier alpha value is -1.27. The van der Waals surface area contributed by atoms with E-state index in [-0.39, 0.29) is 12.0 Å². The number of nitrogens with zero attached hydrogens (tertiary/aromatic N) is 2. The third-order valence-electron chi connectivity index (χ3n) is 3.90. The first-order chi connectivity index (χ1) is 10.7. The molecule has 0 spiro atoms. The molecule has 0 aliphatic carbocycles. The van der Waals surface area contributed by atoms with Crippen molar-refractivity contribution in [1.29, 1.82) is 0 Å². The van der Waals surface area contributed by atoms with Gasteiger partial charge in [0.05, 0.1) is 18.4 Å². The molecule has 3 rings (SSSR count). The fraction of sp³-hybridized carbons (Fsp3) is 0.625. The lowest BCUT2D eigenvalue weighted by atomic mass is 10.1. The second kappa shape index (κ2) is 7.33. The van der Waals surface area contributed by atoms with Gasteiger partial charge < -0.3 is 14.4 Å². The average Bonchev–Trinajstić information content (AvgIpc) is 2.55. The highest BCUT2D eigenvalue weighted by molar-refractivity contribution is 8.00. The van der Waals surface area contributed by atoms with E-state index in [0.717, 1.165) is 30.9 Å². The molecule has 0 aromatic carbocycles. The fourth-order valence-electron chi connectivity index (χ4n) is 2.79. The van der Waals surface area contributed by atoms with Crippen molar-refractivity contribution < 1.29 is 14.3 Å². The van der Waals surface area contributed by atoms with Crippen LogP contribution in [0, 0.1) is 0 Å². The summed E-state index contributed by atoms with van der Waals surface area (Å²) in [5, 5.41) is 0. The van der Waals surface area contributed by atoms with Crippen LogP contribution in [0.4, 0.5) is 5.69 Å². The second-order valence-electron chi connectivity index (χ2n) is 5.76. The summed E-state index contributed by atoms with van der Waals surface area (Å²) < 4.78 is 11.4. The molecule has 0 bridgehead atoms. The van der Waals surface area contributed by atoms with E-state index in [2.05, 4.69) is 4.98 Å². The van der Waals surface area contributed by atoms with Crippen molar-refractivity contribution in [3.63, 3.8) is 0 Å². The van der Waals surface area contributed by atoms with Gasteiger partial charge >= 0.3 is 0 Å². The number of hydrogen-bond acceptors (Lipinski definition) is 5. The van der Waals surface area contributed by atoms with Gasteiger partial charge in [-0.3, -0.25) is 4.79 Å². The van der Waals surface area contributed by atoms with Crippen LogP contribution < -0.4 is 9.64 Å². The molecule has 0 N–H and O–H groups in total. The molecule has 22 heavy (non-hydrogen) atoms. The van der Waals surface area contributed by atoms with Crippen LogP contribution in [0.1, 0.15) is 26.2 Å². The van der Waals surface area contributed by atoms with Gasteiger partial charge in [-0.15, -0.1) is 11.8 Å². The number of aromatic nitrogens is 1. The van der Waals surface area contributed by atoms with Crippen molar-refractivity contribution in [3.05, 3.63) is 18.3 Å². The standard InChI is InChI=1S/C16H22N2O3S/c1-12-9-18(14-6-4-7-17-16(14)21-12)15(19)11-22-10-13-5-2-3-8-20-13/h4,6-7,12-13H,2-3,5,8-11H2,1H3/t12-,13-/m1/s1. The summed E-state index contributed by atoms with van der Waals surface area (Å²) in [6, 6.07) is 3.72. The number of pyridine rings is 1. The molecule has 2 aliphatic heterocycles. The Morgan fingerprint density at radius 3 is 3.23 bits per heavy atom. The lowest BCUT2D eigenvalue weighted by Crippen LogP contribution is -2.43. The molecule has 6 heteroatoms. The summed E-state index contributed by atoms with van der Waals surface area (Å²) >= 11 is 1.66. The smallest absolute Gasteiger partial charge is 0.238 e. The average molecular weight is 322 g/mol. The Bertz CT molecular complexity index is 520. The van der Waals surface area contributed by atoms with Crippen molar-refractivity contribution in [2.45, 2.75) is 38.4 Å². The van der Waals surface area contributed by atoms with Crippen molar-refractivity contribution in [1.82, 2.24) is 4.98 Å². The van der Waals surface area contributed by atoms with Gasteiger partial charge in [0, 0.05) is 18.6 Å². The molecule has 2 atom stereocenters. The number of thioether (sulfide) groups is 1. The zero-order chi connectivity index (χ0) is 15.4. The summed E-state index contributed by atoms with van der Waals surface area (Å²) in [5.41, 5.74) is 0.778. The molecule has 1 saturated heterocycles.